The summed E-state index contributed by atoms with van der Waals surface area (Å²) < 4.78 is 18.4. The SMILES string of the molecule is O=C(O)CSc1cc(/N=S2/CN3CCCCN3C2=O)c(F)cc1Cl. The first-order valence-electron chi connectivity index (χ1n) is 7.28. The molecule has 2 aliphatic heterocycles. The second-order valence-electron chi connectivity index (χ2n) is 5.33. The number of halogens is 2. The van der Waals surface area contributed by atoms with E-state index in [2.05, 4.69) is 4.36 Å². The largest absolute Gasteiger partial charge is 0.481 e. The van der Waals surface area contributed by atoms with E-state index in [1.807, 2.05) is 5.01 Å². The molecule has 1 amide bonds. The van der Waals surface area contributed by atoms with E-state index >= 15 is 0 Å². The maximum atomic E-state index is 14.1. The Morgan fingerprint density at radius 1 is 1.42 bits per heavy atom. The van der Waals surface area contributed by atoms with E-state index in [0.717, 1.165) is 37.2 Å². The summed E-state index contributed by atoms with van der Waals surface area (Å²) >= 11 is 6.95. The molecular formula is C14H15ClFN3O3S2. The minimum atomic E-state index is -0.989. The van der Waals surface area contributed by atoms with Crippen LogP contribution < -0.4 is 0 Å². The normalized spacial score (nSPS) is 21.3. The summed E-state index contributed by atoms with van der Waals surface area (Å²) in [6.07, 6.45) is 2.00. The number of amides is 1. The number of thioether (sulfide) groups is 1. The van der Waals surface area contributed by atoms with Crippen molar-refractivity contribution in [2.45, 2.75) is 17.7 Å². The van der Waals surface area contributed by atoms with Crippen molar-refractivity contribution in [3.05, 3.63) is 23.0 Å². The van der Waals surface area contributed by atoms with Crippen LogP contribution in [0.1, 0.15) is 12.8 Å². The summed E-state index contributed by atoms with van der Waals surface area (Å²) in [7, 11) is -0.952. The number of nitrogens with zero attached hydrogens (tertiary/aromatic N) is 3. The average molecular weight is 392 g/mol. The summed E-state index contributed by atoms with van der Waals surface area (Å²) in [5.41, 5.74) is 0.0463. The van der Waals surface area contributed by atoms with Gasteiger partial charge in [0.1, 0.15) is 5.69 Å². The van der Waals surface area contributed by atoms with E-state index in [4.69, 9.17) is 16.7 Å². The van der Waals surface area contributed by atoms with E-state index in [1.54, 1.807) is 5.01 Å². The van der Waals surface area contributed by atoms with Crippen LogP contribution in [0.3, 0.4) is 0 Å². The third-order valence-electron chi connectivity index (χ3n) is 3.62. The molecule has 3 rings (SSSR count). The molecule has 0 bridgehead atoms. The van der Waals surface area contributed by atoms with E-state index in [9.17, 15) is 14.0 Å². The highest BCUT2D eigenvalue weighted by Crippen LogP contribution is 2.34. The Labute approximate surface area is 150 Å². The molecule has 1 atom stereocenters. The lowest BCUT2D eigenvalue weighted by molar-refractivity contribution is -0.133. The molecule has 130 valence electrons. The quantitative estimate of drug-likeness (QED) is 0.795. The molecule has 0 spiro atoms. The predicted molar refractivity (Wildman–Crippen MR) is 92.1 cm³/mol. The van der Waals surface area contributed by atoms with E-state index in [1.165, 1.54) is 6.07 Å². The van der Waals surface area contributed by atoms with Crippen LogP contribution in [-0.2, 0) is 15.5 Å². The van der Waals surface area contributed by atoms with Crippen LogP contribution in [0.25, 0.3) is 0 Å². The zero-order valence-corrected chi connectivity index (χ0v) is 15.0. The summed E-state index contributed by atoms with van der Waals surface area (Å²) in [6.45, 7) is 1.49. The molecule has 2 fully saturated rings. The first-order chi connectivity index (χ1) is 11.5. The highest BCUT2D eigenvalue weighted by Gasteiger charge is 2.35. The molecule has 24 heavy (non-hydrogen) atoms. The minimum Gasteiger partial charge on any atom is -0.481 e. The zero-order valence-electron chi connectivity index (χ0n) is 12.6. The van der Waals surface area contributed by atoms with Gasteiger partial charge in [0.2, 0.25) is 0 Å². The average Bonchev–Trinajstić information content (AvgIpc) is 2.85. The van der Waals surface area contributed by atoms with Crippen LogP contribution in [-0.4, -0.2) is 51.1 Å². The Morgan fingerprint density at radius 3 is 2.88 bits per heavy atom. The van der Waals surface area contributed by atoms with Gasteiger partial charge in [-0.2, -0.15) is 0 Å². The molecule has 0 saturated carbocycles. The molecule has 1 N–H and O–H groups in total. The molecule has 2 saturated heterocycles. The number of carbonyl (C=O) groups excluding carboxylic acids is 1. The monoisotopic (exact) mass is 391 g/mol. The summed E-state index contributed by atoms with van der Waals surface area (Å²) in [4.78, 5) is 23.5. The van der Waals surface area contributed by atoms with Crippen molar-refractivity contribution in [3.8, 4) is 0 Å². The Morgan fingerprint density at radius 2 is 2.17 bits per heavy atom. The van der Waals surface area contributed by atoms with Gasteiger partial charge in [-0.15, -0.1) is 11.8 Å². The molecule has 1 unspecified atom stereocenters. The lowest BCUT2D eigenvalue weighted by Crippen LogP contribution is -2.43. The molecule has 10 heteroatoms. The van der Waals surface area contributed by atoms with Crippen molar-refractivity contribution in [1.29, 1.82) is 0 Å². The standard InChI is InChI=1S/C14H15ClFN3O3S2/c15-9-5-10(16)11(6-12(9)23-7-13(20)21)17-24-8-18-3-1-2-4-19(18)14(24)22/h5-6H,1-4,7-8H2,(H,20,21). The van der Waals surface area contributed by atoms with Crippen molar-refractivity contribution >= 4 is 51.0 Å². The Balaban J connectivity index is 1.87. The molecule has 0 aliphatic carbocycles. The molecule has 1 aromatic rings. The Kier molecular flexibility index (Phi) is 5.43. The van der Waals surface area contributed by atoms with Gasteiger partial charge in [0.15, 0.2) is 5.82 Å². The fourth-order valence-electron chi connectivity index (χ4n) is 2.50. The summed E-state index contributed by atoms with van der Waals surface area (Å²) in [6, 6.07) is 2.53. The number of fused-ring (bicyclic) bond motifs is 1. The van der Waals surface area contributed by atoms with Gasteiger partial charge in [-0.3, -0.25) is 14.6 Å². The van der Waals surface area contributed by atoms with E-state index in [0.29, 0.717) is 17.3 Å². The first kappa shape index (κ1) is 17.7. The number of hydrogen-bond donors (Lipinski definition) is 1. The van der Waals surface area contributed by atoms with Gasteiger partial charge in [-0.05, 0) is 25.0 Å². The maximum Gasteiger partial charge on any atom is 0.313 e. The third-order valence-corrected chi connectivity index (χ3v) is 6.66. The number of rotatable bonds is 4. The molecule has 2 heterocycles. The van der Waals surface area contributed by atoms with Crippen molar-refractivity contribution in [3.63, 3.8) is 0 Å². The van der Waals surface area contributed by atoms with Crippen molar-refractivity contribution in [2.24, 2.45) is 4.36 Å². The van der Waals surface area contributed by atoms with Crippen molar-refractivity contribution in [1.82, 2.24) is 10.0 Å². The Bertz CT molecular complexity index is 731. The van der Waals surface area contributed by atoms with Crippen LogP contribution in [0, 0.1) is 5.82 Å². The molecule has 6 nitrogen and oxygen atoms in total. The second kappa shape index (κ2) is 7.38. The fraction of sp³-hybridized carbons (Fsp3) is 0.429. The van der Waals surface area contributed by atoms with Gasteiger partial charge < -0.3 is 5.11 Å². The Hall–Kier alpha value is -1.16. The molecule has 2 aliphatic rings. The van der Waals surface area contributed by atoms with Crippen LogP contribution in [0.4, 0.5) is 14.9 Å². The number of hydrogen-bond acceptors (Lipinski definition) is 5. The lowest BCUT2D eigenvalue weighted by atomic mass is 10.2. The minimum absolute atomic E-state index is 0.0463. The predicted octanol–water partition coefficient (Wildman–Crippen LogP) is 3.49. The van der Waals surface area contributed by atoms with Crippen LogP contribution in [0.15, 0.2) is 21.4 Å². The van der Waals surface area contributed by atoms with E-state index in [-0.39, 0.29) is 21.7 Å². The molecule has 0 radical (unpaired) electrons. The van der Waals surface area contributed by atoms with Gasteiger partial charge in [0.05, 0.1) is 16.7 Å². The molecular weight excluding hydrogens is 377 g/mol. The topological polar surface area (TPSA) is 73.2 Å². The molecule has 1 aromatic carbocycles. The summed E-state index contributed by atoms with van der Waals surface area (Å²) in [5, 5.41) is 12.5. The molecule has 0 aromatic heterocycles. The van der Waals surface area contributed by atoms with Crippen LogP contribution in [0.2, 0.25) is 5.02 Å². The van der Waals surface area contributed by atoms with Gasteiger partial charge in [-0.25, -0.2) is 13.8 Å². The number of hydrazine groups is 1. The number of carboxylic acid groups (broad SMARTS) is 1. The maximum absolute atomic E-state index is 14.1. The smallest absolute Gasteiger partial charge is 0.313 e. The summed E-state index contributed by atoms with van der Waals surface area (Å²) in [5.74, 6) is -1.31. The van der Waals surface area contributed by atoms with Gasteiger partial charge >= 0.3 is 11.2 Å². The van der Waals surface area contributed by atoms with Gasteiger partial charge in [0.25, 0.3) is 0 Å². The van der Waals surface area contributed by atoms with Crippen LogP contribution in [0.5, 0.6) is 0 Å². The highest BCUT2D eigenvalue weighted by atomic mass is 35.5. The third kappa shape index (κ3) is 3.74. The number of aliphatic carboxylic acids is 1. The lowest BCUT2D eigenvalue weighted by Gasteiger charge is -2.30. The number of benzene rings is 1. The van der Waals surface area contributed by atoms with Gasteiger partial charge in [-0.1, -0.05) is 11.6 Å². The van der Waals surface area contributed by atoms with E-state index < -0.39 is 22.5 Å². The van der Waals surface area contributed by atoms with Crippen molar-refractivity contribution in [2.75, 3.05) is 24.7 Å². The van der Waals surface area contributed by atoms with Crippen LogP contribution >= 0.6 is 23.4 Å². The van der Waals surface area contributed by atoms with Gasteiger partial charge in [0, 0.05) is 28.7 Å². The fourth-order valence-corrected chi connectivity index (χ4v) is 5.11. The number of carboxylic acids is 1. The zero-order chi connectivity index (χ0) is 17.3. The second-order valence-corrected chi connectivity index (χ2v) is 8.27. The first-order valence-corrected chi connectivity index (χ1v) is 10.00. The highest BCUT2D eigenvalue weighted by molar-refractivity contribution is 8.02. The van der Waals surface area contributed by atoms with Crippen molar-refractivity contribution < 1.29 is 19.1 Å². The number of carbonyl (C=O) groups is 2.